The van der Waals surface area contributed by atoms with Crippen LogP contribution in [0.25, 0.3) is 6.08 Å². The van der Waals surface area contributed by atoms with Gasteiger partial charge >= 0.3 is 6.18 Å². The lowest BCUT2D eigenvalue weighted by atomic mass is 10.1. The van der Waals surface area contributed by atoms with Gasteiger partial charge in [-0.3, -0.25) is 9.69 Å². The SMILES string of the molecule is O=C(/C=C/c1ccc(C(F)(F)F)cc1)NCc1ccccc1CN1CCOCC1. The minimum Gasteiger partial charge on any atom is -0.379 e. The van der Waals surface area contributed by atoms with Crippen molar-refractivity contribution in [2.75, 3.05) is 26.3 Å². The van der Waals surface area contributed by atoms with Crippen LogP contribution in [0.5, 0.6) is 0 Å². The zero-order valence-corrected chi connectivity index (χ0v) is 15.9. The lowest BCUT2D eigenvalue weighted by molar-refractivity contribution is -0.137. The van der Waals surface area contributed by atoms with Gasteiger partial charge in [-0.1, -0.05) is 36.4 Å². The van der Waals surface area contributed by atoms with Gasteiger partial charge in [-0.25, -0.2) is 0 Å². The van der Waals surface area contributed by atoms with Crippen LogP contribution in [0.15, 0.2) is 54.6 Å². The molecule has 4 nitrogen and oxygen atoms in total. The predicted molar refractivity (Wildman–Crippen MR) is 105 cm³/mol. The molecule has 0 bridgehead atoms. The molecule has 0 aliphatic carbocycles. The van der Waals surface area contributed by atoms with Gasteiger partial charge in [-0.05, 0) is 34.9 Å². The number of carbonyl (C=O) groups excluding carboxylic acids is 1. The predicted octanol–water partition coefficient (Wildman–Crippen LogP) is 3.87. The average Bonchev–Trinajstić information content (AvgIpc) is 2.72. The monoisotopic (exact) mass is 404 g/mol. The van der Waals surface area contributed by atoms with Gasteiger partial charge in [0.25, 0.3) is 0 Å². The molecule has 3 rings (SSSR count). The standard InChI is InChI=1S/C22H23F3N2O2/c23-22(24,25)20-8-5-17(6-9-20)7-10-21(28)26-15-18-3-1-2-4-19(18)16-27-11-13-29-14-12-27/h1-10H,11-16H2,(H,26,28)/b10-7+. The summed E-state index contributed by atoms with van der Waals surface area (Å²) in [5.74, 6) is -0.300. The van der Waals surface area contributed by atoms with E-state index < -0.39 is 11.7 Å². The number of nitrogens with one attached hydrogen (secondary N) is 1. The van der Waals surface area contributed by atoms with Gasteiger partial charge in [-0.15, -0.1) is 0 Å². The number of morpholine rings is 1. The maximum Gasteiger partial charge on any atom is 0.416 e. The quantitative estimate of drug-likeness (QED) is 0.744. The lowest BCUT2D eigenvalue weighted by Crippen LogP contribution is -2.36. The van der Waals surface area contributed by atoms with Gasteiger partial charge in [0.05, 0.1) is 18.8 Å². The molecule has 0 aromatic heterocycles. The number of amides is 1. The fourth-order valence-corrected chi connectivity index (χ4v) is 3.08. The second-order valence-corrected chi connectivity index (χ2v) is 6.83. The van der Waals surface area contributed by atoms with Crippen LogP contribution in [0.3, 0.4) is 0 Å². The summed E-state index contributed by atoms with van der Waals surface area (Å²) in [4.78, 5) is 14.4. The number of benzene rings is 2. The van der Waals surface area contributed by atoms with Crippen molar-refractivity contribution in [2.24, 2.45) is 0 Å². The number of hydrogen-bond donors (Lipinski definition) is 1. The molecule has 1 amide bonds. The molecule has 1 aliphatic rings. The van der Waals surface area contributed by atoms with Crippen molar-refractivity contribution in [3.63, 3.8) is 0 Å². The maximum atomic E-state index is 12.6. The topological polar surface area (TPSA) is 41.6 Å². The minimum absolute atomic E-state index is 0.300. The van der Waals surface area contributed by atoms with E-state index in [1.165, 1.54) is 24.3 Å². The first-order chi connectivity index (χ1) is 13.9. The van der Waals surface area contributed by atoms with Gasteiger partial charge < -0.3 is 10.1 Å². The number of hydrogen-bond acceptors (Lipinski definition) is 3. The molecular weight excluding hydrogens is 381 g/mol. The van der Waals surface area contributed by atoms with E-state index in [2.05, 4.69) is 16.3 Å². The third kappa shape index (κ3) is 6.44. The summed E-state index contributed by atoms with van der Waals surface area (Å²) in [5.41, 5.74) is 2.01. The van der Waals surface area contributed by atoms with E-state index in [0.29, 0.717) is 12.1 Å². The Balaban J connectivity index is 1.54. The molecule has 7 heteroatoms. The third-order valence-corrected chi connectivity index (χ3v) is 4.73. The van der Waals surface area contributed by atoms with E-state index in [9.17, 15) is 18.0 Å². The molecule has 1 N–H and O–H groups in total. The summed E-state index contributed by atoms with van der Waals surface area (Å²) in [7, 11) is 0. The molecule has 0 radical (unpaired) electrons. The molecule has 1 saturated heterocycles. The second-order valence-electron chi connectivity index (χ2n) is 6.83. The van der Waals surface area contributed by atoms with Crippen LogP contribution in [0, 0.1) is 0 Å². The first-order valence-electron chi connectivity index (χ1n) is 9.42. The Morgan fingerprint density at radius 1 is 1.03 bits per heavy atom. The van der Waals surface area contributed by atoms with Gasteiger partial charge in [-0.2, -0.15) is 13.2 Å². The van der Waals surface area contributed by atoms with Gasteiger partial charge in [0, 0.05) is 32.3 Å². The zero-order valence-electron chi connectivity index (χ0n) is 15.9. The summed E-state index contributed by atoms with van der Waals surface area (Å²) in [6.45, 7) is 4.42. The highest BCUT2D eigenvalue weighted by atomic mass is 19.4. The second kappa shape index (κ2) is 9.71. The fourth-order valence-electron chi connectivity index (χ4n) is 3.08. The molecule has 29 heavy (non-hydrogen) atoms. The first-order valence-corrected chi connectivity index (χ1v) is 9.42. The van der Waals surface area contributed by atoms with Crippen LogP contribution in [0.1, 0.15) is 22.3 Å². The van der Waals surface area contributed by atoms with E-state index in [1.54, 1.807) is 0 Å². The number of rotatable bonds is 6. The molecule has 2 aromatic rings. The van der Waals surface area contributed by atoms with E-state index in [4.69, 9.17) is 4.74 Å². The first kappa shape index (κ1) is 21.1. The molecular formula is C22H23F3N2O2. The Morgan fingerprint density at radius 3 is 2.34 bits per heavy atom. The molecule has 1 fully saturated rings. The highest BCUT2D eigenvalue weighted by molar-refractivity contribution is 5.91. The molecule has 0 saturated carbocycles. The van der Waals surface area contributed by atoms with Crippen molar-refractivity contribution in [1.82, 2.24) is 10.2 Å². The summed E-state index contributed by atoms with van der Waals surface area (Å²) in [5, 5.41) is 2.83. The van der Waals surface area contributed by atoms with E-state index >= 15 is 0 Å². The highest BCUT2D eigenvalue weighted by Gasteiger charge is 2.29. The van der Waals surface area contributed by atoms with Crippen LogP contribution in [-0.2, 0) is 28.8 Å². The van der Waals surface area contributed by atoms with Crippen molar-refractivity contribution in [1.29, 1.82) is 0 Å². The molecule has 1 aliphatic heterocycles. The number of alkyl halides is 3. The zero-order chi connectivity index (χ0) is 20.7. The average molecular weight is 404 g/mol. The van der Waals surface area contributed by atoms with Crippen molar-refractivity contribution >= 4 is 12.0 Å². The maximum absolute atomic E-state index is 12.6. The molecule has 0 atom stereocenters. The van der Waals surface area contributed by atoms with E-state index in [1.807, 2.05) is 18.2 Å². The highest BCUT2D eigenvalue weighted by Crippen LogP contribution is 2.29. The molecule has 2 aromatic carbocycles. The smallest absolute Gasteiger partial charge is 0.379 e. The van der Waals surface area contributed by atoms with Crippen LogP contribution in [0.2, 0.25) is 0 Å². The minimum atomic E-state index is -4.37. The summed E-state index contributed by atoms with van der Waals surface area (Å²) < 4.78 is 43.1. The Hall–Kier alpha value is -2.64. The Labute approximate surface area is 168 Å². The fraction of sp³-hybridized carbons (Fsp3) is 0.318. The summed E-state index contributed by atoms with van der Waals surface area (Å²) in [6.07, 6.45) is -1.55. The number of nitrogens with zero attached hydrogens (tertiary/aromatic N) is 1. The van der Waals surface area contributed by atoms with Crippen molar-refractivity contribution in [2.45, 2.75) is 19.3 Å². The third-order valence-electron chi connectivity index (χ3n) is 4.73. The van der Waals surface area contributed by atoms with E-state index in [0.717, 1.165) is 56.1 Å². The Morgan fingerprint density at radius 2 is 1.69 bits per heavy atom. The van der Waals surface area contributed by atoms with Gasteiger partial charge in [0.1, 0.15) is 0 Å². The normalized spacial score (nSPS) is 15.6. The summed E-state index contributed by atoms with van der Waals surface area (Å²) >= 11 is 0. The van der Waals surface area contributed by atoms with Crippen LogP contribution in [-0.4, -0.2) is 37.1 Å². The Kier molecular flexibility index (Phi) is 7.06. The van der Waals surface area contributed by atoms with Crippen molar-refractivity contribution in [3.8, 4) is 0 Å². The lowest BCUT2D eigenvalue weighted by Gasteiger charge is -2.27. The molecule has 1 heterocycles. The molecule has 0 spiro atoms. The van der Waals surface area contributed by atoms with Crippen molar-refractivity contribution < 1.29 is 22.7 Å². The molecule has 0 unspecified atom stereocenters. The summed E-state index contributed by atoms with van der Waals surface area (Å²) in [6, 6.07) is 12.6. The Bertz CT molecular complexity index is 842. The number of carbonyl (C=O) groups is 1. The van der Waals surface area contributed by atoms with Crippen LogP contribution >= 0.6 is 0 Å². The van der Waals surface area contributed by atoms with E-state index in [-0.39, 0.29) is 5.91 Å². The molecule has 154 valence electrons. The van der Waals surface area contributed by atoms with Gasteiger partial charge in [0.15, 0.2) is 0 Å². The van der Waals surface area contributed by atoms with Crippen LogP contribution < -0.4 is 5.32 Å². The largest absolute Gasteiger partial charge is 0.416 e. The van der Waals surface area contributed by atoms with Crippen LogP contribution in [0.4, 0.5) is 13.2 Å². The van der Waals surface area contributed by atoms with Gasteiger partial charge in [0.2, 0.25) is 5.91 Å². The van der Waals surface area contributed by atoms with Crippen molar-refractivity contribution in [3.05, 3.63) is 76.9 Å². The number of halogens is 3. The number of ether oxygens (including phenoxy) is 1.